The van der Waals surface area contributed by atoms with E-state index in [2.05, 4.69) is 115 Å². The average Bonchev–Trinajstić information content (AvgIpc) is 3.59. The molecule has 4 heteroatoms. The van der Waals surface area contributed by atoms with Gasteiger partial charge in [-0.3, -0.25) is 0 Å². The third kappa shape index (κ3) is 5.22. The maximum Gasteiger partial charge on any atom is 0.164 e. The second kappa shape index (κ2) is 11.9. The van der Waals surface area contributed by atoms with Crippen LogP contribution in [0.3, 0.4) is 0 Å². The summed E-state index contributed by atoms with van der Waals surface area (Å²) in [7, 11) is 0. The first-order valence-electron chi connectivity index (χ1n) is 17.1. The molecule has 0 aliphatic heterocycles. The van der Waals surface area contributed by atoms with Crippen LogP contribution in [0.2, 0.25) is 0 Å². The average molecular weight is 652 g/mol. The summed E-state index contributed by atoms with van der Waals surface area (Å²) in [5, 5.41) is 6.80. The lowest BCUT2D eigenvalue weighted by Crippen LogP contribution is -2.00. The number of benzene rings is 8. The highest BCUT2D eigenvalue weighted by Crippen LogP contribution is 2.37. The van der Waals surface area contributed by atoms with Gasteiger partial charge in [-0.2, -0.15) is 0 Å². The van der Waals surface area contributed by atoms with Crippen LogP contribution in [0.15, 0.2) is 180 Å². The molecule has 0 fully saturated rings. The third-order valence-electron chi connectivity index (χ3n) is 9.69. The van der Waals surface area contributed by atoms with Gasteiger partial charge >= 0.3 is 0 Å². The topological polar surface area (TPSA) is 51.8 Å². The summed E-state index contributed by atoms with van der Waals surface area (Å²) in [5.41, 5.74) is 9.19. The molecule has 51 heavy (non-hydrogen) atoms. The van der Waals surface area contributed by atoms with Crippen LogP contribution in [-0.4, -0.2) is 15.0 Å². The minimum absolute atomic E-state index is 0.609. The molecule has 0 saturated carbocycles. The maximum absolute atomic E-state index is 6.21. The van der Waals surface area contributed by atoms with Gasteiger partial charge in [-0.25, -0.2) is 15.0 Å². The van der Waals surface area contributed by atoms with Gasteiger partial charge in [0.1, 0.15) is 11.2 Å². The van der Waals surface area contributed by atoms with Gasteiger partial charge in [-0.1, -0.05) is 140 Å². The summed E-state index contributed by atoms with van der Waals surface area (Å²) < 4.78 is 6.21. The zero-order chi connectivity index (χ0) is 33.7. The van der Waals surface area contributed by atoms with E-state index in [1.54, 1.807) is 0 Å². The Labute approximate surface area is 294 Å². The van der Waals surface area contributed by atoms with Gasteiger partial charge in [0.15, 0.2) is 17.5 Å². The first-order chi connectivity index (χ1) is 25.2. The second-order valence-corrected chi connectivity index (χ2v) is 12.9. The molecule has 0 bridgehead atoms. The van der Waals surface area contributed by atoms with Crippen LogP contribution >= 0.6 is 0 Å². The molecule has 10 rings (SSSR count). The lowest BCUT2D eigenvalue weighted by molar-refractivity contribution is 0.669. The lowest BCUT2D eigenvalue weighted by atomic mass is 9.95. The van der Waals surface area contributed by atoms with E-state index in [-0.39, 0.29) is 0 Å². The van der Waals surface area contributed by atoms with Gasteiger partial charge in [-0.15, -0.1) is 0 Å². The molecule has 0 N–H and O–H groups in total. The van der Waals surface area contributed by atoms with Crippen LogP contribution in [0.4, 0.5) is 0 Å². The molecule has 0 amide bonds. The fourth-order valence-electron chi connectivity index (χ4n) is 7.11. The number of rotatable bonds is 5. The van der Waals surface area contributed by atoms with Crippen LogP contribution in [0.25, 0.3) is 99.9 Å². The number of aromatic nitrogens is 3. The van der Waals surface area contributed by atoms with Crippen LogP contribution in [0, 0.1) is 0 Å². The predicted octanol–water partition coefficient (Wildman–Crippen LogP) is 12.4. The molecule has 0 unspecified atom stereocenters. The van der Waals surface area contributed by atoms with E-state index in [1.807, 2.05) is 60.7 Å². The molecule has 0 atom stereocenters. The minimum atomic E-state index is 0.609. The summed E-state index contributed by atoms with van der Waals surface area (Å²) in [6, 6.07) is 61.3. The number of hydrogen-bond donors (Lipinski definition) is 0. The van der Waals surface area contributed by atoms with Crippen molar-refractivity contribution in [1.29, 1.82) is 0 Å². The molecule has 0 aliphatic rings. The Morgan fingerprint density at radius 2 is 0.824 bits per heavy atom. The summed E-state index contributed by atoms with van der Waals surface area (Å²) in [6.07, 6.45) is 0. The molecule has 2 aromatic heterocycles. The van der Waals surface area contributed by atoms with Gasteiger partial charge in [0.2, 0.25) is 0 Å². The molecular weight excluding hydrogens is 623 g/mol. The predicted molar refractivity (Wildman–Crippen MR) is 209 cm³/mol. The van der Waals surface area contributed by atoms with E-state index in [9.17, 15) is 0 Å². The van der Waals surface area contributed by atoms with Gasteiger partial charge in [-0.05, 0) is 80.2 Å². The monoisotopic (exact) mass is 651 g/mol. The Bertz CT molecular complexity index is 2930. The number of fused-ring (bicyclic) bond motifs is 5. The molecule has 0 spiro atoms. The maximum atomic E-state index is 6.21. The van der Waals surface area contributed by atoms with E-state index < -0.39 is 0 Å². The van der Waals surface area contributed by atoms with Crippen molar-refractivity contribution >= 4 is 43.5 Å². The summed E-state index contributed by atoms with van der Waals surface area (Å²) in [5.74, 6) is 1.86. The number of furan rings is 1. The van der Waals surface area contributed by atoms with Crippen molar-refractivity contribution in [2.24, 2.45) is 0 Å². The van der Waals surface area contributed by atoms with Crippen molar-refractivity contribution < 1.29 is 4.42 Å². The quantitative estimate of drug-likeness (QED) is 0.186. The molecule has 0 aliphatic carbocycles. The Morgan fingerprint density at radius 1 is 0.314 bits per heavy atom. The summed E-state index contributed by atoms with van der Waals surface area (Å²) in [4.78, 5) is 15.1. The normalized spacial score (nSPS) is 11.5. The SMILES string of the molecule is c1ccc(-c2nc(-c3ccc4cc(-c5cccc(-c6ccc7ccccc7c6)c5)ccc4c3)nc(-c3cccc4oc5ccccc5c34)n2)cc1. The summed E-state index contributed by atoms with van der Waals surface area (Å²) >= 11 is 0. The molecule has 2 heterocycles. The molecule has 0 saturated heterocycles. The van der Waals surface area contributed by atoms with Crippen molar-refractivity contribution in [1.82, 2.24) is 15.0 Å². The minimum Gasteiger partial charge on any atom is -0.456 e. The number of nitrogens with zero attached hydrogens (tertiary/aromatic N) is 3. The lowest BCUT2D eigenvalue weighted by Gasteiger charge is -2.11. The van der Waals surface area contributed by atoms with E-state index >= 15 is 0 Å². The van der Waals surface area contributed by atoms with Gasteiger partial charge in [0.05, 0.1) is 0 Å². The number of para-hydroxylation sites is 1. The Balaban J connectivity index is 1.06. The Kier molecular flexibility index (Phi) is 6.78. The fraction of sp³-hybridized carbons (Fsp3) is 0. The standard InChI is InChI=1S/C47H29N3O/c1-2-11-31(12-3-1)45-48-46(50-47(49-45)41-17-9-19-43-44(41)40-16-6-7-18-42(40)51-43)39-25-24-37-28-36(22-23-38(37)29-39)34-15-8-14-33(27-34)35-21-20-30-10-4-5-13-32(30)26-35/h1-29H. The zero-order valence-corrected chi connectivity index (χ0v) is 27.5. The van der Waals surface area contributed by atoms with E-state index in [4.69, 9.17) is 19.4 Å². The Morgan fingerprint density at radius 3 is 1.61 bits per heavy atom. The molecule has 0 radical (unpaired) electrons. The van der Waals surface area contributed by atoms with Crippen LogP contribution in [-0.2, 0) is 0 Å². The van der Waals surface area contributed by atoms with E-state index in [0.717, 1.165) is 49.4 Å². The molecule has 10 aromatic rings. The summed E-state index contributed by atoms with van der Waals surface area (Å²) in [6.45, 7) is 0. The number of hydrogen-bond acceptors (Lipinski definition) is 4. The van der Waals surface area contributed by atoms with Crippen molar-refractivity contribution in [2.75, 3.05) is 0 Å². The molecular formula is C47H29N3O. The third-order valence-corrected chi connectivity index (χ3v) is 9.69. The van der Waals surface area contributed by atoms with Gasteiger partial charge < -0.3 is 4.42 Å². The van der Waals surface area contributed by atoms with Crippen molar-refractivity contribution in [2.45, 2.75) is 0 Å². The molecule has 8 aromatic carbocycles. The first kappa shape index (κ1) is 29.0. The van der Waals surface area contributed by atoms with Crippen LogP contribution in [0.1, 0.15) is 0 Å². The van der Waals surface area contributed by atoms with Crippen molar-refractivity contribution in [3.05, 3.63) is 176 Å². The van der Waals surface area contributed by atoms with Crippen molar-refractivity contribution in [3.63, 3.8) is 0 Å². The van der Waals surface area contributed by atoms with Gasteiger partial charge in [0, 0.05) is 27.5 Å². The highest BCUT2D eigenvalue weighted by molar-refractivity contribution is 6.11. The van der Waals surface area contributed by atoms with Crippen LogP contribution < -0.4 is 0 Å². The van der Waals surface area contributed by atoms with E-state index in [0.29, 0.717) is 17.5 Å². The fourth-order valence-corrected chi connectivity index (χ4v) is 7.11. The van der Waals surface area contributed by atoms with Crippen LogP contribution in [0.5, 0.6) is 0 Å². The largest absolute Gasteiger partial charge is 0.456 e. The molecule has 238 valence electrons. The molecule has 4 nitrogen and oxygen atoms in total. The highest BCUT2D eigenvalue weighted by atomic mass is 16.3. The van der Waals surface area contributed by atoms with Gasteiger partial charge in [0.25, 0.3) is 0 Å². The second-order valence-electron chi connectivity index (χ2n) is 12.9. The Hall–Kier alpha value is -6.91. The smallest absolute Gasteiger partial charge is 0.164 e. The van der Waals surface area contributed by atoms with Crippen molar-refractivity contribution in [3.8, 4) is 56.4 Å². The zero-order valence-electron chi connectivity index (χ0n) is 27.5. The first-order valence-corrected chi connectivity index (χ1v) is 17.1. The highest BCUT2D eigenvalue weighted by Gasteiger charge is 2.18. The van der Waals surface area contributed by atoms with E-state index in [1.165, 1.54) is 33.0 Å².